The molecule has 2 rings (SSSR count). The molecular formula is C17H22N2OS. The lowest BCUT2D eigenvalue weighted by Gasteiger charge is -2.16. The van der Waals surface area contributed by atoms with Crippen LogP contribution in [-0.2, 0) is 6.42 Å². The molecule has 21 heavy (non-hydrogen) atoms. The number of hydrogen-bond acceptors (Lipinski definition) is 4. The van der Waals surface area contributed by atoms with Crippen LogP contribution in [0.5, 0.6) is 5.75 Å². The lowest BCUT2D eigenvalue weighted by molar-refractivity contribution is 0.414. The van der Waals surface area contributed by atoms with Gasteiger partial charge in [-0.3, -0.25) is 11.3 Å². The summed E-state index contributed by atoms with van der Waals surface area (Å²) < 4.78 is 5.17. The molecule has 1 atom stereocenters. The minimum Gasteiger partial charge on any atom is -0.497 e. The molecular weight excluding hydrogens is 280 g/mol. The number of hydrogen-bond donors (Lipinski definition) is 2. The highest BCUT2D eigenvalue weighted by Crippen LogP contribution is 2.22. The fourth-order valence-electron chi connectivity index (χ4n) is 2.29. The number of nitrogens with one attached hydrogen (secondary N) is 1. The second-order valence-corrected chi connectivity index (χ2v) is 5.76. The lowest BCUT2D eigenvalue weighted by Crippen LogP contribution is -2.28. The molecule has 0 bridgehead atoms. The summed E-state index contributed by atoms with van der Waals surface area (Å²) in [6.45, 7) is 0. The third kappa shape index (κ3) is 4.49. The van der Waals surface area contributed by atoms with Crippen molar-refractivity contribution in [3.05, 3.63) is 59.7 Å². The zero-order valence-corrected chi connectivity index (χ0v) is 13.3. The maximum Gasteiger partial charge on any atom is 0.118 e. The van der Waals surface area contributed by atoms with Gasteiger partial charge in [0.05, 0.1) is 7.11 Å². The van der Waals surface area contributed by atoms with E-state index in [1.54, 1.807) is 18.9 Å². The molecule has 0 aliphatic carbocycles. The second-order valence-electron chi connectivity index (χ2n) is 4.88. The molecule has 3 N–H and O–H groups in total. The van der Waals surface area contributed by atoms with Crippen LogP contribution in [0.25, 0.3) is 0 Å². The van der Waals surface area contributed by atoms with E-state index in [9.17, 15) is 0 Å². The first-order chi connectivity index (χ1) is 10.3. The SMILES string of the molecule is COc1ccc(CCC(NN)c2ccc(SC)cc2)cc1. The van der Waals surface area contributed by atoms with E-state index < -0.39 is 0 Å². The van der Waals surface area contributed by atoms with Crippen LogP contribution in [0, 0.1) is 0 Å². The number of benzene rings is 2. The molecule has 0 aliphatic heterocycles. The molecule has 0 spiro atoms. The van der Waals surface area contributed by atoms with Crippen molar-refractivity contribution in [3.8, 4) is 5.75 Å². The minimum atomic E-state index is 0.169. The molecule has 2 aromatic carbocycles. The topological polar surface area (TPSA) is 47.3 Å². The second kappa shape index (κ2) is 8.08. The molecule has 4 heteroatoms. The lowest BCUT2D eigenvalue weighted by atomic mass is 9.99. The number of rotatable bonds is 7. The third-order valence-corrected chi connectivity index (χ3v) is 4.34. The molecule has 0 radical (unpaired) electrons. The molecule has 0 amide bonds. The minimum absolute atomic E-state index is 0.169. The van der Waals surface area contributed by atoms with Gasteiger partial charge in [-0.1, -0.05) is 24.3 Å². The highest BCUT2D eigenvalue weighted by Gasteiger charge is 2.09. The molecule has 0 aliphatic rings. The van der Waals surface area contributed by atoms with Gasteiger partial charge in [0.1, 0.15) is 5.75 Å². The van der Waals surface area contributed by atoms with Crippen LogP contribution in [0.15, 0.2) is 53.4 Å². The fraction of sp³-hybridized carbons (Fsp3) is 0.294. The summed E-state index contributed by atoms with van der Waals surface area (Å²) in [4.78, 5) is 1.27. The van der Waals surface area contributed by atoms with E-state index in [4.69, 9.17) is 10.6 Å². The van der Waals surface area contributed by atoms with Crippen LogP contribution in [0.4, 0.5) is 0 Å². The molecule has 112 valence electrons. The molecule has 0 saturated heterocycles. The normalized spacial score (nSPS) is 12.1. The van der Waals surface area contributed by atoms with Crippen molar-refractivity contribution < 1.29 is 4.74 Å². The number of aryl methyl sites for hydroxylation is 1. The number of nitrogens with two attached hydrogens (primary N) is 1. The Kier molecular flexibility index (Phi) is 6.11. The van der Waals surface area contributed by atoms with Crippen LogP contribution in [0.1, 0.15) is 23.6 Å². The first-order valence-corrected chi connectivity index (χ1v) is 8.22. The van der Waals surface area contributed by atoms with E-state index in [0.29, 0.717) is 0 Å². The molecule has 0 saturated carbocycles. The smallest absolute Gasteiger partial charge is 0.118 e. The molecule has 0 aromatic heterocycles. The molecule has 3 nitrogen and oxygen atoms in total. The van der Waals surface area contributed by atoms with Crippen molar-refractivity contribution >= 4 is 11.8 Å². The van der Waals surface area contributed by atoms with Gasteiger partial charge in [-0.15, -0.1) is 11.8 Å². The first kappa shape index (κ1) is 15.9. The van der Waals surface area contributed by atoms with Gasteiger partial charge in [0.25, 0.3) is 0 Å². The summed E-state index contributed by atoms with van der Waals surface area (Å²) in [7, 11) is 1.68. The Morgan fingerprint density at radius 3 is 2.29 bits per heavy atom. The third-order valence-electron chi connectivity index (χ3n) is 3.60. The Bertz CT molecular complexity index is 540. The fourth-order valence-corrected chi connectivity index (χ4v) is 2.69. The molecule has 0 fully saturated rings. The number of ether oxygens (including phenoxy) is 1. The maximum absolute atomic E-state index is 5.71. The van der Waals surface area contributed by atoms with Gasteiger partial charge in [-0.05, 0) is 54.5 Å². The van der Waals surface area contributed by atoms with E-state index in [1.807, 2.05) is 12.1 Å². The summed E-state index contributed by atoms with van der Waals surface area (Å²) in [6.07, 6.45) is 4.02. The van der Waals surface area contributed by atoms with Crippen LogP contribution >= 0.6 is 11.8 Å². The number of thioether (sulfide) groups is 1. The predicted molar refractivity (Wildman–Crippen MR) is 89.6 cm³/mol. The van der Waals surface area contributed by atoms with Gasteiger partial charge < -0.3 is 4.74 Å². The Labute approximate surface area is 130 Å². The Balaban J connectivity index is 1.97. The number of methoxy groups -OCH3 is 1. The maximum atomic E-state index is 5.71. The van der Waals surface area contributed by atoms with Gasteiger partial charge >= 0.3 is 0 Å². The zero-order chi connectivity index (χ0) is 15.1. The van der Waals surface area contributed by atoms with Crippen molar-refractivity contribution in [2.75, 3.05) is 13.4 Å². The van der Waals surface area contributed by atoms with E-state index >= 15 is 0 Å². The quantitative estimate of drug-likeness (QED) is 0.466. The van der Waals surface area contributed by atoms with Gasteiger partial charge in [-0.25, -0.2) is 0 Å². The van der Waals surface area contributed by atoms with E-state index in [1.165, 1.54) is 16.0 Å². The van der Waals surface area contributed by atoms with Gasteiger partial charge in [0.2, 0.25) is 0 Å². The summed E-state index contributed by atoms with van der Waals surface area (Å²) in [5.41, 5.74) is 5.43. The van der Waals surface area contributed by atoms with Crippen LogP contribution in [0.2, 0.25) is 0 Å². The number of hydrazine groups is 1. The summed E-state index contributed by atoms with van der Waals surface area (Å²) >= 11 is 1.75. The van der Waals surface area contributed by atoms with E-state index in [-0.39, 0.29) is 6.04 Å². The van der Waals surface area contributed by atoms with Crippen molar-refractivity contribution in [3.63, 3.8) is 0 Å². The predicted octanol–water partition coefficient (Wildman–Crippen LogP) is 3.55. The Morgan fingerprint density at radius 1 is 1.10 bits per heavy atom. The average molecular weight is 302 g/mol. The van der Waals surface area contributed by atoms with Crippen molar-refractivity contribution in [2.24, 2.45) is 5.84 Å². The van der Waals surface area contributed by atoms with Crippen molar-refractivity contribution in [1.82, 2.24) is 5.43 Å². The van der Waals surface area contributed by atoms with Crippen LogP contribution in [0.3, 0.4) is 0 Å². The summed E-state index contributed by atoms with van der Waals surface area (Å²) in [5.74, 6) is 6.60. The monoisotopic (exact) mass is 302 g/mol. The van der Waals surface area contributed by atoms with Crippen molar-refractivity contribution in [1.29, 1.82) is 0 Å². The van der Waals surface area contributed by atoms with E-state index in [0.717, 1.165) is 18.6 Å². The highest BCUT2D eigenvalue weighted by molar-refractivity contribution is 7.98. The summed E-state index contributed by atoms with van der Waals surface area (Å²) in [6, 6.07) is 16.9. The summed E-state index contributed by atoms with van der Waals surface area (Å²) in [5, 5.41) is 0. The van der Waals surface area contributed by atoms with Gasteiger partial charge in [-0.2, -0.15) is 0 Å². The Morgan fingerprint density at radius 2 is 1.76 bits per heavy atom. The van der Waals surface area contributed by atoms with Crippen LogP contribution in [-0.4, -0.2) is 13.4 Å². The molecule has 1 unspecified atom stereocenters. The first-order valence-electron chi connectivity index (χ1n) is 7.00. The Hall–Kier alpha value is -1.49. The van der Waals surface area contributed by atoms with Gasteiger partial charge in [0.15, 0.2) is 0 Å². The molecule has 0 heterocycles. The van der Waals surface area contributed by atoms with Crippen LogP contribution < -0.4 is 16.0 Å². The largest absolute Gasteiger partial charge is 0.497 e. The van der Waals surface area contributed by atoms with Gasteiger partial charge in [0, 0.05) is 10.9 Å². The van der Waals surface area contributed by atoms with Crippen molar-refractivity contribution in [2.45, 2.75) is 23.8 Å². The highest BCUT2D eigenvalue weighted by atomic mass is 32.2. The van der Waals surface area contributed by atoms with E-state index in [2.05, 4.69) is 48.1 Å². The molecule has 2 aromatic rings. The standard InChI is InChI=1S/C17H22N2OS/c1-20-15-8-3-13(4-9-15)5-12-17(19-18)14-6-10-16(21-2)11-7-14/h3-4,6-11,17,19H,5,12,18H2,1-2H3. The average Bonchev–Trinajstić information content (AvgIpc) is 2.56. The zero-order valence-electron chi connectivity index (χ0n) is 12.5.